The van der Waals surface area contributed by atoms with Gasteiger partial charge < -0.3 is 5.73 Å². The van der Waals surface area contributed by atoms with Crippen molar-refractivity contribution in [2.45, 2.75) is 24.2 Å². The summed E-state index contributed by atoms with van der Waals surface area (Å²) in [5, 5.41) is 0. The Morgan fingerprint density at radius 3 is 2.83 bits per heavy atom. The molecule has 0 aliphatic heterocycles. The zero-order valence-electron chi connectivity index (χ0n) is 10.5. The molecule has 0 aromatic heterocycles. The van der Waals surface area contributed by atoms with Gasteiger partial charge in [0.15, 0.2) is 0 Å². The minimum Gasteiger partial charge on any atom is -0.399 e. The van der Waals surface area contributed by atoms with Gasteiger partial charge in [-0.25, -0.2) is 0 Å². The molecular formula is C16H17NS. The second-order valence-corrected chi connectivity index (χ2v) is 6.00. The molecule has 0 fully saturated rings. The molecule has 1 atom stereocenters. The van der Waals surface area contributed by atoms with E-state index in [4.69, 9.17) is 5.73 Å². The van der Waals surface area contributed by atoms with Crippen molar-refractivity contribution in [3.8, 4) is 0 Å². The number of benzene rings is 2. The number of fused-ring (bicyclic) bond motifs is 1. The van der Waals surface area contributed by atoms with Crippen LogP contribution in [-0.4, -0.2) is 5.75 Å². The summed E-state index contributed by atoms with van der Waals surface area (Å²) in [6.45, 7) is 2.13. The first-order valence-corrected chi connectivity index (χ1v) is 7.29. The molecule has 1 aliphatic carbocycles. The number of thioether (sulfide) groups is 1. The fourth-order valence-electron chi connectivity index (χ4n) is 2.54. The van der Waals surface area contributed by atoms with Gasteiger partial charge in [-0.15, -0.1) is 11.8 Å². The zero-order chi connectivity index (χ0) is 12.5. The van der Waals surface area contributed by atoms with Crippen LogP contribution in [0.5, 0.6) is 0 Å². The minimum absolute atomic E-state index is 0.725. The van der Waals surface area contributed by atoms with Gasteiger partial charge >= 0.3 is 0 Å². The first-order chi connectivity index (χ1) is 8.74. The van der Waals surface area contributed by atoms with Crippen LogP contribution in [0.1, 0.15) is 22.6 Å². The summed E-state index contributed by atoms with van der Waals surface area (Å²) in [6.07, 6.45) is 1.23. The van der Waals surface area contributed by atoms with Gasteiger partial charge in [-0.3, -0.25) is 0 Å². The highest BCUT2D eigenvalue weighted by Gasteiger charge is 2.25. The minimum atomic E-state index is 0.725. The molecule has 0 radical (unpaired) electrons. The molecule has 0 amide bonds. The molecule has 0 saturated carbocycles. The lowest BCUT2D eigenvalue weighted by molar-refractivity contribution is 0.677. The van der Waals surface area contributed by atoms with Gasteiger partial charge in [0.2, 0.25) is 0 Å². The van der Waals surface area contributed by atoms with E-state index in [2.05, 4.69) is 43.3 Å². The van der Waals surface area contributed by atoms with Crippen molar-refractivity contribution in [1.29, 1.82) is 0 Å². The van der Waals surface area contributed by atoms with Crippen LogP contribution in [0.15, 0.2) is 47.4 Å². The van der Waals surface area contributed by atoms with Crippen molar-refractivity contribution in [2.24, 2.45) is 0 Å². The summed E-state index contributed by atoms with van der Waals surface area (Å²) in [5.41, 5.74) is 11.0. The maximum atomic E-state index is 5.77. The zero-order valence-corrected chi connectivity index (χ0v) is 11.3. The maximum absolute atomic E-state index is 5.77. The lowest BCUT2D eigenvalue weighted by Crippen LogP contribution is -2.18. The lowest BCUT2D eigenvalue weighted by Gasteiger charge is -2.29. The van der Waals surface area contributed by atoms with E-state index in [0.29, 0.717) is 0 Å². The van der Waals surface area contributed by atoms with Crippen LogP contribution in [0.4, 0.5) is 5.69 Å². The third-order valence-corrected chi connectivity index (χ3v) is 4.94. The highest BCUT2D eigenvalue weighted by Crippen LogP contribution is 2.39. The van der Waals surface area contributed by atoms with Gasteiger partial charge in [-0.2, -0.15) is 0 Å². The smallest absolute Gasteiger partial charge is 0.0317 e. The Labute approximate surface area is 112 Å². The topological polar surface area (TPSA) is 26.0 Å². The van der Waals surface area contributed by atoms with E-state index in [9.17, 15) is 0 Å². The number of aryl methyl sites for hydroxylation is 1. The molecule has 0 heterocycles. The Kier molecular flexibility index (Phi) is 3.04. The van der Waals surface area contributed by atoms with Crippen molar-refractivity contribution < 1.29 is 0 Å². The number of nitrogen functional groups attached to an aromatic ring is 1. The van der Waals surface area contributed by atoms with Crippen molar-refractivity contribution in [3.63, 3.8) is 0 Å². The van der Waals surface area contributed by atoms with E-state index in [0.717, 1.165) is 11.6 Å². The van der Waals surface area contributed by atoms with Gasteiger partial charge in [-0.05, 0) is 54.2 Å². The number of nitrogens with two attached hydrogens (primary N) is 1. The lowest BCUT2D eigenvalue weighted by atomic mass is 9.79. The Balaban J connectivity index is 1.66. The molecule has 92 valence electrons. The molecule has 2 aromatic rings. The SMILES string of the molecule is Cc1cc(N)ccc1SCC1Cc2ccccc21. The third-order valence-electron chi connectivity index (χ3n) is 3.60. The van der Waals surface area contributed by atoms with Gasteiger partial charge in [0.1, 0.15) is 0 Å². The molecule has 1 aliphatic rings. The van der Waals surface area contributed by atoms with Crippen LogP contribution in [0.25, 0.3) is 0 Å². The monoisotopic (exact) mass is 255 g/mol. The molecule has 2 N–H and O–H groups in total. The molecular weight excluding hydrogens is 238 g/mol. The summed E-state index contributed by atoms with van der Waals surface area (Å²) in [7, 11) is 0. The predicted molar refractivity (Wildman–Crippen MR) is 79.2 cm³/mol. The fourth-order valence-corrected chi connectivity index (χ4v) is 3.67. The van der Waals surface area contributed by atoms with Crippen molar-refractivity contribution in [1.82, 2.24) is 0 Å². The summed E-state index contributed by atoms with van der Waals surface area (Å²) in [4.78, 5) is 1.36. The van der Waals surface area contributed by atoms with Crippen LogP contribution < -0.4 is 5.73 Å². The predicted octanol–water partition coefficient (Wildman–Crippen LogP) is 4.01. The summed E-state index contributed by atoms with van der Waals surface area (Å²) in [5.74, 6) is 1.89. The standard InChI is InChI=1S/C16H17NS/c1-11-8-14(17)6-7-16(11)18-10-13-9-12-4-2-3-5-15(12)13/h2-8,13H,9-10,17H2,1H3. The van der Waals surface area contributed by atoms with Crippen LogP contribution in [0, 0.1) is 6.92 Å². The first-order valence-electron chi connectivity index (χ1n) is 6.31. The summed E-state index contributed by atoms with van der Waals surface area (Å²) < 4.78 is 0. The van der Waals surface area contributed by atoms with E-state index in [1.54, 1.807) is 0 Å². The van der Waals surface area contributed by atoms with E-state index in [-0.39, 0.29) is 0 Å². The number of rotatable bonds is 3. The Morgan fingerprint density at radius 2 is 2.06 bits per heavy atom. The molecule has 0 bridgehead atoms. The van der Waals surface area contributed by atoms with Crippen molar-refractivity contribution >= 4 is 17.4 Å². The molecule has 2 aromatic carbocycles. The molecule has 1 unspecified atom stereocenters. The Hall–Kier alpha value is -1.41. The van der Waals surface area contributed by atoms with E-state index >= 15 is 0 Å². The number of anilines is 1. The number of hydrogen-bond donors (Lipinski definition) is 1. The largest absolute Gasteiger partial charge is 0.399 e. The van der Waals surface area contributed by atoms with E-state index in [1.807, 2.05) is 17.8 Å². The van der Waals surface area contributed by atoms with Crippen LogP contribution >= 0.6 is 11.8 Å². The number of hydrogen-bond acceptors (Lipinski definition) is 2. The normalized spacial score (nSPS) is 17.1. The first kappa shape index (κ1) is 11.7. The van der Waals surface area contributed by atoms with Crippen LogP contribution in [0.2, 0.25) is 0 Å². The van der Waals surface area contributed by atoms with Crippen LogP contribution in [-0.2, 0) is 6.42 Å². The summed E-state index contributed by atoms with van der Waals surface area (Å²) in [6, 6.07) is 15.0. The average Bonchev–Trinajstić information content (AvgIpc) is 2.33. The molecule has 18 heavy (non-hydrogen) atoms. The van der Waals surface area contributed by atoms with Crippen molar-refractivity contribution in [2.75, 3.05) is 11.5 Å². The molecule has 0 saturated heterocycles. The van der Waals surface area contributed by atoms with E-state index < -0.39 is 0 Å². The van der Waals surface area contributed by atoms with Gasteiger partial charge in [0, 0.05) is 16.3 Å². The molecule has 3 rings (SSSR count). The Bertz CT molecular complexity index is 577. The Morgan fingerprint density at radius 1 is 1.22 bits per heavy atom. The average molecular weight is 255 g/mol. The van der Waals surface area contributed by atoms with Gasteiger partial charge in [0.05, 0.1) is 0 Å². The van der Waals surface area contributed by atoms with Crippen molar-refractivity contribution in [3.05, 3.63) is 59.2 Å². The maximum Gasteiger partial charge on any atom is 0.0317 e. The highest BCUT2D eigenvalue weighted by atomic mass is 32.2. The third kappa shape index (κ3) is 2.13. The molecule has 1 nitrogen and oxygen atoms in total. The molecule has 2 heteroatoms. The second-order valence-electron chi connectivity index (χ2n) is 4.94. The quantitative estimate of drug-likeness (QED) is 0.662. The fraction of sp³-hybridized carbons (Fsp3) is 0.250. The second kappa shape index (κ2) is 4.69. The van der Waals surface area contributed by atoms with Gasteiger partial charge in [0.25, 0.3) is 0 Å². The van der Waals surface area contributed by atoms with Gasteiger partial charge in [-0.1, -0.05) is 24.3 Å². The molecule has 0 spiro atoms. The van der Waals surface area contributed by atoms with E-state index in [1.165, 1.54) is 33.8 Å². The summed E-state index contributed by atoms with van der Waals surface area (Å²) >= 11 is 1.95. The van der Waals surface area contributed by atoms with Crippen LogP contribution in [0.3, 0.4) is 0 Å². The highest BCUT2D eigenvalue weighted by molar-refractivity contribution is 7.99.